The molecule has 9 heteroatoms. The average molecular weight is 449 g/mol. The van der Waals surface area contributed by atoms with E-state index in [-0.39, 0.29) is 24.0 Å². The van der Waals surface area contributed by atoms with E-state index in [1.807, 2.05) is 0 Å². The Morgan fingerprint density at radius 2 is 1.90 bits per heavy atom. The molecule has 1 aliphatic rings. The summed E-state index contributed by atoms with van der Waals surface area (Å²) in [7, 11) is -3.81. The number of ether oxygens (including phenoxy) is 1. The van der Waals surface area contributed by atoms with E-state index in [9.17, 15) is 22.4 Å². The van der Waals surface area contributed by atoms with Gasteiger partial charge in [-0.15, -0.1) is 0 Å². The molecule has 1 aliphatic heterocycles. The number of esters is 1. The Kier molecular flexibility index (Phi) is 7.07. The zero-order valence-electron chi connectivity index (χ0n) is 17.4. The van der Waals surface area contributed by atoms with Crippen LogP contribution in [-0.4, -0.2) is 44.3 Å². The van der Waals surface area contributed by atoms with Gasteiger partial charge in [0, 0.05) is 18.8 Å². The van der Waals surface area contributed by atoms with Crippen LogP contribution in [0.4, 0.5) is 10.1 Å². The summed E-state index contributed by atoms with van der Waals surface area (Å²) in [6, 6.07) is 9.50. The van der Waals surface area contributed by atoms with E-state index >= 15 is 0 Å². The number of hydrogen-bond acceptors (Lipinski definition) is 5. The van der Waals surface area contributed by atoms with Crippen molar-refractivity contribution < 1.29 is 27.1 Å². The van der Waals surface area contributed by atoms with Gasteiger partial charge < -0.3 is 10.1 Å². The first kappa shape index (κ1) is 22.9. The topological polar surface area (TPSA) is 92.8 Å². The molecule has 0 saturated carbocycles. The molecule has 2 aromatic carbocycles. The van der Waals surface area contributed by atoms with Crippen LogP contribution in [0.5, 0.6) is 0 Å². The molecule has 1 heterocycles. The van der Waals surface area contributed by atoms with Crippen LogP contribution in [0.2, 0.25) is 0 Å². The molecule has 0 spiro atoms. The molecule has 0 aromatic heterocycles. The van der Waals surface area contributed by atoms with Gasteiger partial charge in [-0.2, -0.15) is 4.31 Å². The van der Waals surface area contributed by atoms with Gasteiger partial charge in [0.2, 0.25) is 15.9 Å². The molecule has 1 saturated heterocycles. The predicted octanol–water partition coefficient (Wildman–Crippen LogP) is 3.35. The zero-order chi connectivity index (χ0) is 22.6. The van der Waals surface area contributed by atoms with Crippen molar-refractivity contribution in [3.63, 3.8) is 0 Å². The normalized spacial score (nSPS) is 17.2. The predicted molar refractivity (Wildman–Crippen MR) is 114 cm³/mol. The number of carbonyl (C=O) groups is 2. The van der Waals surface area contributed by atoms with Gasteiger partial charge in [0.05, 0.1) is 23.0 Å². The second kappa shape index (κ2) is 9.57. The number of rotatable bonds is 6. The van der Waals surface area contributed by atoms with Gasteiger partial charge in [-0.1, -0.05) is 0 Å². The first-order valence-corrected chi connectivity index (χ1v) is 11.5. The van der Waals surface area contributed by atoms with Crippen molar-refractivity contribution in [1.82, 2.24) is 4.31 Å². The van der Waals surface area contributed by atoms with Crippen molar-refractivity contribution >= 4 is 27.6 Å². The molecule has 1 N–H and O–H groups in total. The standard InChI is InChI=1S/C22H25FN2O5S/c1-3-30-22(27)16-6-11-20(15(2)13-16)24-21(26)17-5-4-12-25(14-17)31(28,29)19-9-7-18(23)8-10-19/h6-11,13,17H,3-5,12,14H2,1-2H3,(H,24,26)/t17-/m1/s1. The molecule has 0 aliphatic carbocycles. The van der Waals surface area contributed by atoms with Crippen LogP contribution in [-0.2, 0) is 19.6 Å². The van der Waals surface area contributed by atoms with Crippen LogP contribution in [0.3, 0.4) is 0 Å². The highest BCUT2D eigenvalue weighted by Gasteiger charge is 2.33. The van der Waals surface area contributed by atoms with Gasteiger partial charge in [-0.3, -0.25) is 4.79 Å². The number of hydrogen-bond donors (Lipinski definition) is 1. The van der Waals surface area contributed by atoms with Gasteiger partial charge in [0.15, 0.2) is 0 Å². The number of carbonyl (C=O) groups excluding carboxylic acids is 2. The van der Waals surface area contributed by atoms with E-state index in [0.717, 1.165) is 12.1 Å². The van der Waals surface area contributed by atoms with E-state index in [1.165, 1.54) is 16.4 Å². The number of benzene rings is 2. The number of nitrogens with zero attached hydrogens (tertiary/aromatic N) is 1. The molecule has 3 rings (SSSR count). The summed E-state index contributed by atoms with van der Waals surface area (Å²) in [6.45, 7) is 4.12. The molecule has 0 bridgehead atoms. The van der Waals surface area contributed by atoms with Crippen LogP contribution in [0.15, 0.2) is 47.4 Å². The Bertz CT molecular complexity index is 1070. The molecule has 0 radical (unpaired) electrons. The fourth-order valence-electron chi connectivity index (χ4n) is 3.51. The lowest BCUT2D eigenvalue weighted by molar-refractivity contribution is -0.120. The Balaban J connectivity index is 1.70. The number of piperidine rings is 1. The van der Waals surface area contributed by atoms with E-state index < -0.39 is 27.7 Å². The van der Waals surface area contributed by atoms with Gasteiger partial charge >= 0.3 is 5.97 Å². The highest BCUT2D eigenvalue weighted by atomic mass is 32.2. The minimum Gasteiger partial charge on any atom is -0.462 e. The third kappa shape index (κ3) is 5.29. The molecule has 1 fully saturated rings. The monoisotopic (exact) mass is 448 g/mol. The lowest BCUT2D eigenvalue weighted by Gasteiger charge is -2.31. The summed E-state index contributed by atoms with van der Waals surface area (Å²) in [6.07, 6.45) is 1.10. The van der Waals surface area contributed by atoms with Crippen molar-refractivity contribution in [1.29, 1.82) is 0 Å². The van der Waals surface area contributed by atoms with Crippen LogP contribution >= 0.6 is 0 Å². The average Bonchev–Trinajstić information content (AvgIpc) is 2.75. The van der Waals surface area contributed by atoms with Crippen LogP contribution in [0, 0.1) is 18.7 Å². The fourth-order valence-corrected chi connectivity index (χ4v) is 5.03. The van der Waals surface area contributed by atoms with Crippen molar-refractivity contribution in [2.75, 3.05) is 25.0 Å². The third-order valence-corrected chi connectivity index (χ3v) is 7.08. The molecular weight excluding hydrogens is 423 g/mol. The quantitative estimate of drug-likeness (QED) is 0.684. The SMILES string of the molecule is CCOC(=O)c1ccc(NC(=O)[C@@H]2CCCN(S(=O)(=O)c3ccc(F)cc3)C2)c(C)c1. The maximum Gasteiger partial charge on any atom is 0.338 e. The Morgan fingerprint density at radius 3 is 2.55 bits per heavy atom. The lowest BCUT2D eigenvalue weighted by Crippen LogP contribution is -2.43. The minimum atomic E-state index is -3.81. The first-order valence-electron chi connectivity index (χ1n) is 10.1. The summed E-state index contributed by atoms with van der Waals surface area (Å²) < 4.78 is 45.1. The maximum atomic E-state index is 13.1. The van der Waals surface area contributed by atoms with E-state index in [1.54, 1.807) is 32.0 Å². The Morgan fingerprint density at radius 1 is 1.19 bits per heavy atom. The van der Waals surface area contributed by atoms with Crippen LogP contribution < -0.4 is 5.32 Å². The van der Waals surface area contributed by atoms with Crippen molar-refractivity contribution in [3.8, 4) is 0 Å². The molecule has 166 valence electrons. The fraction of sp³-hybridized carbons (Fsp3) is 0.364. The minimum absolute atomic E-state index is 0.000330. The van der Waals surface area contributed by atoms with Gasteiger partial charge in [0.25, 0.3) is 0 Å². The molecule has 7 nitrogen and oxygen atoms in total. The first-order chi connectivity index (χ1) is 14.7. The van der Waals surface area contributed by atoms with Crippen LogP contribution in [0.1, 0.15) is 35.7 Å². The summed E-state index contributed by atoms with van der Waals surface area (Å²) in [5.74, 6) is -1.75. The number of aryl methyl sites for hydroxylation is 1. The summed E-state index contributed by atoms with van der Waals surface area (Å²) in [5, 5.41) is 2.84. The summed E-state index contributed by atoms with van der Waals surface area (Å²) in [5.41, 5.74) is 1.65. The van der Waals surface area contributed by atoms with E-state index in [0.29, 0.717) is 36.2 Å². The number of anilines is 1. The maximum absolute atomic E-state index is 13.1. The second-order valence-electron chi connectivity index (χ2n) is 7.40. The number of sulfonamides is 1. The smallest absolute Gasteiger partial charge is 0.338 e. The second-order valence-corrected chi connectivity index (χ2v) is 9.33. The Labute approximate surface area is 181 Å². The molecular formula is C22H25FN2O5S. The number of nitrogens with one attached hydrogen (secondary N) is 1. The molecule has 1 atom stereocenters. The lowest BCUT2D eigenvalue weighted by atomic mass is 9.98. The Hall–Kier alpha value is -2.78. The highest BCUT2D eigenvalue weighted by molar-refractivity contribution is 7.89. The largest absolute Gasteiger partial charge is 0.462 e. The van der Waals surface area contributed by atoms with Crippen molar-refractivity contribution in [2.24, 2.45) is 5.92 Å². The molecule has 31 heavy (non-hydrogen) atoms. The van der Waals surface area contributed by atoms with Crippen molar-refractivity contribution in [3.05, 3.63) is 59.4 Å². The van der Waals surface area contributed by atoms with Gasteiger partial charge in [0.1, 0.15) is 5.82 Å². The van der Waals surface area contributed by atoms with E-state index in [4.69, 9.17) is 4.74 Å². The highest BCUT2D eigenvalue weighted by Crippen LogP contribution is 2.26. The van der Waals surface area contributed by atoms with Gasteiger partial charge in [-0.25, -0.2) is 17.6 Å². The van der Waals surface area contributed by atoms with Gasteiger partial charge in [-0.05, 0) is 74.7 Å². The van der Waals surface area contributed by atoms with Crippen LogP contribution in [0.25, 0.3) is 0 Å². The van der Waals surface area contributed by atoms with E-state index in [2.05, 4.69) is 5.32 Å². The summed E-state index contributed by atoms with van der Waals surface area (Å²) >= 11 is 0. The van der Waals surface area contributed by atoms with Crippen molar-refractivity contribution in [2.45, 2.75) is 31.6 Å². The number of amides is 1. The third-order valence-electron chi connectivity index (χ3n) is 5.20. The molecule has 2 aromatic rings. The summed E-state index contributed by atoms with van der Waals surface area (Å²) in [4.78, 5) is 24.7. The number of halogens is 1. The molecule has 1 amide bonds. The molecule has 0 unspecified atom stereocenters. The zero-order valence-corrected chi connectivity index (χ0v) is 18.2.